The molecule has 3 rings (SSSR count). The summed E-state index contributed by atoms with van der Waals surface area (Å²) in [7, 11) is 0. The number of hydrogen-bond acceptors (Lipinski definition) is 4. The number of pyridine rings is 1. The number of nitrogens with zero attached hydrogens (tertiary/aromatic N) is 4. The zero-order valence-electron chi connectivity index (χ0n) is 14.3. The molecule has 0 spiro atoms. The maximum Gasteiger partial charge on any atom is 0.237 e. The van der Waals surface area contributed by atoms with Crippen LogP contribution in [-0.2, 0) is 4.79 Å². The van der Waals surface area contributed by atoms with Gasteiger partial charge in [-0.3, -0.25) is 9.69 Å². The lowest BCUT2D eigenvalue weighted by molar-refractivity contribution is -0.138. The molecule has 2 fully saturated rings. The zero-order valence-corrected chi connectivity index (χ0v) is 14.3. The summed E-state index contributed by atoms with van der Waals surface area (Å²) in [6, 6.07) is 6.80. The van der Waals surface area contributed by atoms with E-state index in [-0.39, 0.29) is 0 Å². The summed E-state index contributed by atoms with van der Waals surface area (Å²) in [6.07, 6.45) is 5.37. The van der Waals surface area contributed by atoms with Crippen molar-refractivity contribution >= 4 is 11.7 Å². The molecular formula is C18H28N4O. The SMILES string of the molecule is CC1CCCC(C)N1C(=O)CN1CCN(c2ccccn2)CC1. The van der Waals surface area contributed by atoms with E-state index in [1.165, 1.54) is 6.42 Å². The Labute approximate surface area is 139 Å². The number of amides is 1. The standard InChI is InChI=1S/C18H28N4O/c1-15-6-5-7-16(2)22(15)18(23)14-20-10-12-21(13-11-20)17-8-3-4-9-19-17/h3-4,8-9,15-16H,5-7,10-14H2,1-2H3. The Morgan fingerprint density at radius 3 is 2.43 bits per heavy atom. The van der Waals surface area contributed by atoms with E-state index in [0.717, 1.165) is 44.8 Å². The molecule has 1 aromatic rings. The molecule has 3 heterocycles. The summed E-state index contributed by atoms with van der Waals surface area (Å²) >= 11 is 0. The fraction of sp³-hybridized carbons (Fsp3) is 0.667. The fourth-order valence-corrected chi connectivity index (χ4v) is 3.86. The fourth-order valence-electron chi connectivity index (χ4n) is 3.86. The molecule has 2 saturated heterocycles. The molecule has 0 aromatic carbocycles. The Bertz CT molecular complexity index is 503. The number of piperazine rings is 1. The van der Waals surface area contributed by atoms with Crippen LogP contribution in [0.25, 0.3) is 0 Å². The highest BCUT2D eigenvalue weighted by atomic mass is 16.2. The first-order valence-corrected chi connectivity index (χ1v) is 8.84. The van der Waals surface area contributed by atoms with E-state index in [2.05, 4.69) is 39.6 Å². The Morgan fingerprint density at radius 1 is 1.13 bits per heavy atom. The quantitative estimate of drug-likeness (QED) is 0.855. The molecular weight excluding hydrogens is 288 g/mol. The topological polar surface area (TPSA) is 39.7 Å². The van der Waals surface area contributed by atoms with Crippen LogP contribution in [0, 0.1) is 0 Å². The zero-order chi connectivity index (χ0) is 16.2. The lowest BCUT2D eigenvalue weighted by Gasteiger charge is -2.41. The smallest absolute Gasteiger partial charge is 0.237 e. The van der Waals surface area contributed by atoms with Gasteiger partial charge in [-0.15, -0.1) is 0 Å². The summed E-state index contributed by atoms with van der Waals surface area (Å²) in [4.78, 5) is 23.8. The predicted molar refractivity (Wildman–Crippen MR) is 92.5 cm³/mol. The molecule has 1 amide bonds. The number of hydrogen-bond donors (Lipinski definition) is 0. The third-order valence-corrected chi connectivity index (χ3v) is 5.19. The van der Waals surface area contributed by atoms with Gasteiger partial charge >= 0.3 is 0 Å². The average molecular weight is 316 g/mol. The van der Waals surface area contributed by atoms with Crippen molar-refractivity contribution < 1.29 is 4.79 Å². The highest BCUT2D eigenvalue weighted by molar-refractivity contribution is 5.79. The van der Waals surface area contributed by atoms with Crippen LogP contribution in [0.1, 0.15) is 33.1 Å². The Kier molecular flexibility index (Phi) is 5.16. The van der Waals surface area contributed by atoms with Crippen molar-refractivity contribution in [2.24, 2.45) is 0 Å². The molecule has 2 aliphatic rings. The van der Waals surface area contributed by atoms with E-state index < -0.39 is 0 Å². The van der Waals surface area contributed by atoms with Crippen molar-refractivity contribution in [3.63, 3.8) is 0 Å². The number of carbonyl (C=O) groups excluding carboxylic acids is 1. The molecule has 0 radical (unpaired) electrons. The normalized spacial score (nSPS) is 26.3. The van der Waals surface area contributed by atoms with Crippen molar-refractivity contribution in [1.29, 1.82) is 0 Å². The first-order valence-electron chi connectivity index (χ1n) is 8.84. The van der Waals surface area contributed by atoms with Crippen LogP contribution in [-0.4, -0.2) is 65.5 Å². The molecule has 2 aliphatic heterocycles. The predicted octanol–water partition coefficient (Wildman–Crippen LogP) is 1.99. The summed E-state index contributed by atoms with van der Waals surface area (Å²) in [5.74, 6) is 1.34. The number of carbonyl (C=O) groups is 1. The Hall–Kier alpha value is -1.62. The molecule has 23 heavy (non-hydrogen) atoms. The minimum atomic E-state index is 0.302. The van der Waals surface area contributed by atoms with E-state index in [9.17, 15) is 4.79 Å². The van der Waals surface area contributed by atoms with Gasteiger partial charge in [-0.2, -0.15) is 0 Å². The third-order valence-electron chi connectivity index (χ3n) is 5.19. The first kappa shape index (κ1) is 16.2. The lowest BCUT2D eigenvalue weighted by atomic mass is 9.97. The molecule has 1 aromatic heterocycles. The molecule has 0 aliphatic carbocycles. The van der Waals surface area contributed by atoms with Gasteiger partial charge in [0.2, 0.25) is 5.91 Å². The van der Waals surface area contributed by atoms with Gasteiger partial charge in [-0.05, 0) is 45.2 Å². The second-order valence-electron chi connectivity index (χ2n) is 6.88. The highest BCUT2D eigenvalue weighted by Gasteiger charge is 2.30. The van der Waals surface area contributed by atoms with Gasteiger partial charge in [0.1, 0.15) is 5.82 Å². The maximum atomic E-state index is 12.7. The van der Waals surface area contributed by atoms with Crippen molar-refractivity contribution in [2.45, 2.75) is 45.2 Å². The second-order valence-corrected chi connectivity index (χ2v) is 6.88. The van der Waals surface area contributed by atoms with E-state index in [4.69, 9.17) is 0 Å². The number of aromatic nitrogens is 1. The molecule has 126 valence electrons. The van der Waals surface area contributed by atoms with E-state index in [1.54, 1.807) is 0 Å². The first-order chi connectivity index (χ1) is 11.1. The number of piperidine rings is 1. The van der Waals surface area contributed by atoms with E-state index in [0.29, 0.717) is 24.5 Å². The average Bonchev–Trinajstić information content (AvgIpc) is 2.56. The van der Waals surface area contributed by atoms with Crippen LogP contribution in [0.5, 0.6) is 0 Å². The van der Waals surface area contributed by atoms with Crippen molar-refractivity contribution in [3.05, 3.63) is 24.4 Å². The molecule has 0 bridgehead atoms. The molecule has 0 saturated carbocycles. The molecule has 5 nitrogen and oxygen atoms in total. The number of rotatable bonds is 3. The van der Waals surface area contributed by atoms with Crippen molar-refractivity contribution in [1.82, 2.24) is 14.8 Å². The molecule has 5 heteroatoms. The summed E-state index contributed by atoms with van der Waals surface area (Å²) in [5, 5.41) is 0. The largest absolute Gasteiger partial charge is 0.354 e. The lowest BCUT2D eigenvalue weighted by Crippen LogP contribution is -2.54. The Morgan fingerprint density at radius 2 is 1.83 bits per heavy atom. The van der Waals surface area contributed by atoms with Gasteiger partial charge in [0, 0.05) is 44.5 Å². The van der Waals surface area contributed by atoms with Gasteiger partial charge in [-0.1, -0.05) is 6.07 Å². The summed E-state index contributed by atoms with van der Waals surface area (Å²) < 4.78 is 0. The Balaban J connectivity index is 1.51. The monoisotopic (exact) mass is 316 g/mol. The van der Waals surface area contributed by atoms with Crippen LogP contribution in [0.15, 0.2) is 24.4 Å². The van der Waals surface area contributed by atoms with E-state index >= 15 is 0 Å². The summed E-state index contributed by atoms with van der Waals surface area (Å²) in [5.41, 5.74) is 0. The van der Waals surface area contributed by atoms with Crippen LogP contribution in [0.2, 0.25) is 0 Å². The number of likely N-dealkylation sites (tertiary alicyclic amines) is 1. The maximum absolute atomic E-state index is 12.7. The van der Waals surface area contributed by atoms with Crippen molar-refractivity contribution in [3.8, 4) is 0 Å². The van der Waals surface area contributed by atoms with Crippen molar-refractivity contribution in [2.75, 3.05) is 37.6 Å². The van der Waals surface area contributed by atoms with Crippen LogP contribution < -0.4 is 4.90 Å². The van der Waals surface area contributed by atoms with Gasteiger partial charge in [0.05, 0.1) is 6.54 Å². The highest BCUT2D eigenvalue weighted by Crippen LogP contribution is 2.23. The number of anilines is 1. The van der Waals surface area contributed by atoms with Crippen LogP contribution in [0.3, 0.4) is 0 Å². The van der Waals surface area contributed by atoms with Gasteiger partial charge < -0.3 is 9.80 Å². The summed E-state index contributed by atoms with van der Waals surface area (Å²) in [6.45, 7) is 8.67. The van der Waals surface area contributed by atoms with Gasteiger partial charge in [0.25, 0.3) is 0 Å². The molecule has 0 N–H and O–H groups in total. The van der Waals surface area contributed by atoms with Gasteiger partial charge in [-0.25, -0.2) is 4.98 Å². The minimum Gasteiger partial charge on any atom is -0.354 e. The van der Waals surface area contributed by atoms with Crippen LogP contribution in [0.4, 0.5) is 5.82 Å². The van der Waals surface area contributed by atoms with E-state index in [1.807, 2.05) is 18.3 Å². The second kappa shape index (κ2) is 7.30. The van der Waals surface area contributed by atoms with Crippen LogP contribution >= 0.6 is 0 Å². The van der Waals surface area contributed by atoms with Gasteiger partial charge in [0.15, 0.2) is 0 Å². The minimum absolute atomic E-state index is 0.302. The molecule has 2 unspecified atom stereocenters. The third kappa shape index (κ3) is 3.83. The molecule has 2 atom stereocenters.